The molecule has 1 aromatic carbocycles. The van der Waals surface area contributed by atoms with Crippen LogP contribution in [0.4, 0.5) is 0 Å². The van der Waals surface area contributed by atoms with Gasteiger partial charge in [0.05, 0.1) is 7.11 Å². The van der Waals surface area contributed by atoms with E-state index in [2.05, 4.69) is 45.6 Å². The first-order chi connectivity index (χ1) is 12.2. The SMILES string of the molecule is CN=C(NCCc1ccc(C)c(OC)c1)NCC1CCN(C2CC2)C1.I. The van der Waals surface area contributed by atoms with Gasteiger partial charge in [-0.15, -0.1) is 24.0 Å². The Hall–Kier alpha value is -1.02. The third-order valence-corrected chi connectivity index (χ3v) is 5.34. The number of guanidine groups is 1. The first kappa shape index (κ1) is 21.3. The van der Waals surface area contributed by atoms with E-state index in [4.69, 9.17) is 4.74 Å². The van der Waals surface area contributed by atoms with Crippen LogP contribution in [0, 0.1) is 12.8 Å². The van der Waals surface area contributed by atoms with Gasteiger partial charge in [0.25, 0.3) is 0 Å². The lowest BCUT2D eigenvalue weighted by Gasteiger charge is -2.17. The summed E-state index contributed by atoms with van der Waals surface area (Å²) in [5.74, 6) is 2.62. The summed E-state index contributed by atoms with van der Waals surface area (Å²) in [4.78, 5) is 7.01. The fourth-order valence-corrected chi connectivity index (χ4v) is 3.61. The van der Waals surface area contributed by atoms with Gasteiger partial charge in [0.15, 0.2) is 5.96 Å². The van der Waals surface area contributed by atoms with Crippen molar-refractivity contribution in [2.75, 3.05) is 40.3 Å². The molecule has 2 N–H and O–H groups in total. The van der Waals surface area contributed by atoms with Crippen molar-refractivity contribution < 1.29 is 4.74 Å². The molecule has 6 heteroatoms. The summed E-state index contributed by atoms with van der Waals surface area (Å²) in [7, 11) is 3.57. The number of hydrogen-bond acceptors (Lipinski definition) is 3. The lowest BCUT2D eigenvalue weighted by atomic mass is 10.1. The summed E-state index contributed by atoms with van der Waals surface area (Å²) in [6.07, 6.45) is 5.08. The number of rotatable bonds is 7. The van der Waals surface area contributed by atoms with E-state index in [9.17, 15) is 0 Å². The van der Waals surface area contributed by atoms with Crippen LogP contribution in [-0.2, 0) is 6.42 Å². The number of aliphatic imine (C=N–C) groups is 1. The largest absolute Gasteiger partial charge is 0.496 e. The summed E-state index contributed by atoms with van der Waals surface area (Å²) in [6, 6.07) is 7.31. The lowest BCUT2D eigenvalue weighted by Crippen LogP contribution is -2.41. The van der Waals surface area contributed by atoms with Crippen LogP contribution in [0.5, 0.6) is 5.75 Å². The lowest BCUT2D eigenvalue weighted by molar-refractivity contribution is 0.314. The van der Waals surface area contributed by atoms with Crippen molar-refractivity contribution in [2.45, 2.75) is 38.6 Å². The predicted molar refractivity (Wildman–Crippen MR) is 119 cm³/mol. The molecule has 1 aliphatic carbocycles. The second-order valence-electron chi connectivity index (χ2n) is 7.31. The van der Waals surface area contributed by atoms with E-state index in [1.165, 1.54) is 43.5 Å². The zero-order valence-electron chi connectivity index (χ0n) is 16.3. The number of benzene rings is 1. The second kappa shape index (κ2) is 10.3. The minimum absolute atomic E-state index is 0. The van der Waals surface area contributed by atoms with Crippen LogP contribution in [0.25, 0.3) is 0 Å². The minimum atomic E-state index is 0. The van der Waals surface area contributed by atoms with Crippen LogP contribution in [0.3, 0.4) is 0 Å². The van der Waals surface area contributed by atoms with E-state index < -0.39 is 0 Å². The Morgan fingerprint density at radius 2 is 2.08 bits per heavy atom. The molecule has 1 heterocycles. The number of likely N-dealkylation sites (tertiary alicyclic amines) is 1. The topological polar surface area (TPSA) is 48.9 Å². The molecule has 3 rings (SSSR count). The zero-order valence-corrected chi connectivity index (χ0v) is 18.6. The van der Waals surface area contributed by atoms with E-state index in [1.807, 2.05) is 7.05 Å². The number of nitrogens with zero attached hydrogens (tertiary/aromatic N) is 2. The summed E-state index contributed by atoms with van der Waals surface area (Å²) >= 11 is 0. The van der Waals surface area contributed by atoms with Crippen molar-refractivity contribution in [1.82, 2.24) is 15.5 Å². The van der Waals surface area contributed by atoms with Gasteiger partial charge in [0, 0.05) is 32.7 Å². The molecule has 1 saturated heterocycles. The highest BCUT2D eigenvalue weighted by Gasteiger charge is 2.34. The average molecular weight is 472 g/mol. The highest BCUT2D eigenvalue weighted by atomic mass is 127. The number of hydrogen-bond donors (Lipinski definition) is 2. The first-order valence-electron chi connectivity index (χ1n) is 9.51. The Kier molecular flexibility index (Phi) is 8.47. The van der Waals surface area contributed by atoms with Gasteiger partial charge < -0.3 is 20.3 Å². The van der Waals surface area contributed by atoms with Crippen molar-refractivity contribution in [2.24, 2.45) is 10.9 Å². The molecule has 1 aromatic rings. The number of nitrogens with one attached hydrogen (secondary N) is 2. The smallest absolute Gasteiger partial charge is 0.190 e. The molecular weight excluding hydrogens is 439 g/mol. The molecule has 146 valence electrons. The van der Waals surface area contributed by atoms with Crippen molar-refractivity contribution in [3.8, 4) is 5.75 Å². The number of halogens is 1. The van der Waals surface area contributed by atoms with Crippen LogP contribution in [0.15, 0.2) is 23.2 Å². The van der Waals surface area contributed by atoms with E-state index in [0.29, 0.717) is 0 Å². The highest BCUT2D eigenvalue weighted by Crippen LogP contribution is 2.31. The van der Waals surface area contributed by atoms with Gasteiger partial charge in [0.2, 0.25) is 0 Å². The van der Waals surface area contributed by atoms with Crippen LogP contribution >= 0.6 is 24.0 Å². The van der Waals surface area contributed by atoms with Gasteiger partial charge in [0.1, 0.15) is 5.75 Å². The summed E-state index contributed by atoms with van der Waals surface area (Å²) < 4.78 is 5.40. The molecule has 0 spiro atoms. The molecular formula is C20H33IN4O. The van der Waals surface area contributed by atoms with E-state index in [-0.39, 0.29) is 24.0 Å². The Bertz CT molecular complexity index is 603. The van der Waals surface area contributed by atoms with Crippen molar-refractivity contribution in [1.29, 1.82) is 0 Å². The third kappa shape index (κ3) is 6.01. The quantitative estimate of drug-likeness (QED) is 0.364. The van der Waals surface area contributed by atoms with Gasteiger partial charge in [-0.3, -0.25) is 4.99 Å². The monoisotopic (exact) mass is 472 g/mol. The Morgan fingerprint density at radius 1 is 1.27 bits per heavy atom. The Labute approximate surface area is 175 Å². The van der Waals surface area contributed by atoms with E-state index in [0.717, 1.165) is 43.2 Å². The van der Waals surface area contributed by atoms with Gasteiger partial charge in [-0.2, -0.15) is 0 Å². The molecule has 1 saturated carbocycles. The zero-order chi connectivity index (χ0) is 17.6. The number of ether oxygens (including phenoxy) is 1. The maximum atomic E-state index is 5.40. The fraction of sp³-hybridized carbons (Fsp3) is 0.650. The molecule has 0 amide bonds. The molecule has 1 unspecified atom stereocenters. The van der Waals surface area contributed by atoms with Gasteiger partial charge in [-0.1, -0.05) is 12.1 Å². The fourth-order valence-electron chi connectivity index (χ4n) is 3.61. The molecule has 26 heavy (non-hydrogen) atoms. The number of aryl methyl sites for hydroxylation is 1. The predicted octanol–water partition coefficient (Wildman–Crippen LogP) is 2.81. The summed E-state index contributed by atoms with van der Waals surface area (Å²) in [5.41, 5.74) is 2.45. The Balaban J connectivity index is 0.00000243. The standard InChI is InChI=1S/C20H32N4O.HI/c1-15-4-5-16(12-19(15)25-3)8-10-22-20(21-2)23-13-17-9-11-24(14-17)18-6-7-18;/h4-5,12,17-18H,6-11,13-14H2,1-3H3,(H2,21,22,23);1H. The molecule has 0 radical (unpaired) electrons. The number of methoxy groups -OCH3 is 1. The molecule has 1 atom stereocenters. The van der Waals surface area contributed by atoms with Gasteiger partial charge >= 0.3 is 0 Å². The molecule has 0 bridgehead atoms. The third-order valence-electron chi connectivity index (χ3n) is 5.34. The maximum absolute atomic E-state index is 5.40. The van der Waals surface area contributed by atoms with Crippen molar-refractivity contribution in [3.63, 3.8) is 0 Å². The highest BCUT2D eigenvalue weighted by molar-refractivity contribution is 14.0. The van der Waals surface area contributed by atoms with E-state index in [1.54, 1.807) is 7.11 Å². The molecule has 5 nitrogen and oxygen atoms in total. The van der Waals surface area contributed by atoms with Crippen LogP contribution in [0.2, 0.25) is 0 Å². The first-order valence-corrected chi connectivity index (χ1v) is 9.51. The Morgan fingerprint density at radius 3 is 2.77 bits per heavy atom. The molecule has 1 aliphatic heterocycles. The molecule has 2 aliphatic rings. The van der Waals surface area contributed by atoms with Crippen molar-refractivity contribution in [3.05, 3.63) is 29.3 Å². The van der Waals surface area contributed by atoms with Crippen LogP contribution < -0.4 is 15.4 Å². The van der Waals surface area contributed by atoms with Gasteiger partial charge in [-0.05, 0) is 62.3 Å². The normalized spacial score (nSPS) is 20.6. The van der Waals surface area contributed by atoms with Crippen molar-refractivity contribution >= 4 is 29.9 Å². The van der Waals surface area contributed by atoms with Gasteiger partial charge in [-0.25, -0.2) is 0 Å². The summed E-state index contributed by atoms with van der Waals surface area (Å²) in [6.45, 7) is 6.47. The second-order valence-corrected chi connectivity index (χ2v) is 7.31. The minimum Gasteiger partial charge on any atom is -0.496 e. The van der Waals surface area contributed by atoms with Crippen LogP contribution in [-0.4, -0.2) is 57.2 Å². The molecule has 2 fully saturated rings. The summed E-state index contributed by atoms with van der Waals surface area (Å²) in [5, 5.41) is 6.92. The average Bonchev–Trinajstić information content (AvgIpc) is 3.38. The van der Waals surface area contributed by atoms with E-state index >= 15 is 0 Å². The van der Waals surface area contributed by atoms with Crippen LogP contribution in [0.1, 0.15) is 30.4 Å². The molecule has 0 aromatic heterocycles. The maximum Gasteiger partial charge on any atom is 0.190 e.